The maximum atomic E-state index is 12.8. The van der Waals surface area contributed by atoms with E-state index in [1.807, 2.05) is 0 Å². The molecule has 2 N–H and O–H groups in total. The number of rotatable bonds is 2. The summed E-state index contributed by atoms with van der Waals surface area (Å²) in [4.78, 5) is -0.347. The van der Waals surface area contributed by atoms with Crippen LogP contribution >= 0.6 is 12.8 Å². The number of primary sulfonamides is 1. The number of halogens is 1. The fourth-order valence-corrected chi connectivity index (χ4v) is 1.79. The van der Waals surface area contributed by atoms with Crippen LogP contribution in [0.1, 0.15) is 0 Å². The Morgan fingerprint density at radius 1 is 1.33 bits per heavy atom. The van der Waals surface area contributed by atoms with E-state index in [0.29, 0.717) is 4.13 Å². The molecule has 66 valence electrons. The van der Waals surface area contributed by atoms with Gasteiger partial charge in [-0.3, -0.25) is 0 Å². The molecule has 0 saturated heterocycles. The van der Waals surface area contributed by atoms with Crippen LogP contribution in [0.4, 0.5) is 4.39 Å². The Hall–Kier alpha value is -0.590. The van der Waals surface area contributed by atoms with E-state index in [2.05, 4.69) is 12.8 Å². The van der Waals surface area contributed by atoms with Crippen molar-refractivity contribution in [1.29, 1.82) is 0 Å². The number of benzene rings is 1. The molecule has 3 nitrogen and oxygen atoms in total. The van der Waals surface area contributed by atoms with Crippen LogP contribution in [0.2, 0.25) is 0 Å². The fraction of sp³-hybridized carbons (Fsp3) is 0. The first kappa shape index (κ1) is 9.50. The third-order valence-corrected chi connectivity index (χ3v) is 3.34. The Labute approximate surface area is 75.2 Å². The quantitative estimate of drug-likeness (QED) is 0.668. The van der Waals surface area contributed by atoms with Crippen molar-refractivity contribution in [1.82, 2.24) is 0 Å². The van der Waals surface area contributed by atoms with E-state index in [1.165, 1.54) is 18.2 Å². The monoisotopic (exact) mass is 208 g/mol. The van der Waals surface area contributed by atoms with E-state index in [0.717, 1.165) is 6.07 Å². The van der Waals surface area contributed by atoms with Crippen LogP contribution in [0.15, 0.2) is 29.2 Å². The number of quaternary nitrogens is 1. The van der Waals surface area contributed by atoms with Gasteiger partial charge in [-0.15, -0.1) is 0 Å². The molecular formula is C6H7FNO2S2+. The number of nitrogens with two attached hydrogens (primary N) is 1. The van der Waals surface area contributed by atoms with E-state index in [9.17, 15) is 12.8 Å². The summed E-state index contributed by atoms with van der Waals surface area (Å²) in [5, 5.41) is 0. The number of hydrogen-bond acceptors (Lipinski definition) is 3. The molecule has 12 heavy (non-hydrogen) atoms. The molecule has 1 aromatic carbocycles. The van der Waals surface area contributed by atoms with Crippen LogP contribution in [0.3, 0.4) is 0 Å². The van der Waals surface area contributed by atoms with Gasteiger partial charge < -0.3 is 0 Å². The van der Waals surface area contributed by atoms with Crippen LogP contribution in [-0.4, -0.2) is 8.42 Å². The van der Waals surface area contributed by atoms with Gasteiger partial charge in [0.25, 0.3) is 0 Å². The van der Waals surface area contributed by atoms with Crippen molar-refractivity contribution in [3.05, 3.63) is 30.1 Å². The van der Waals surface area contributed by atoms with E-state index in [1.54, 1.807) is 0 Å². The summed E-state index contributed by atoms with van der Waals surface area (Å²) in [6.07, 6.45) is 0. The number of thiol groups is 1. The molecule has 1 aromatic rings. The third kappa shape index (κ3) is 1.77. The van der Waals surface area contributed by atoms with Crippen LogP contribution in [0.5, 0.6) is 0 Å². The summed E-state index contributed by atoms with van der Waals surface area (Å²) in [7, 11) is -3.66. The molecule has 1 rings (SSSR count). The van der Waals surface area contributed by atoms with Gasteiger partial charge in [-0.1, -0.05) is 12.1 Å². The zero-order valence-corrected chi connectivity index (χ0v) is 7.65. The highest BCUT2D eigenvalue weighted by Crippen LogP contribution is 2.09. The van der Waals surface area contributed by atoms with Gasteiger partial charge in [-0.25, -0.2) is 4.39 Å². The van der Waals surface area contributed by atoms with Crippen molar-refractivity contribution in [3.63, 3.8) is 0 Å². The zero-order valence-electron chi connectivity index (χ0n) is 5.94. The maximum Gasteiger partial charge on any atom is 0.337 e. The van der Waals surface area contributed by atoms with Crippen LogP contribution in [0, 0.1) is 5.82 Å². The average molecular weight is 208 g/mol. The van der Waals surface area contributed by atoms with Gasteiger partial charge in [-0.05, 0) is 12.1 Å². The largest absolute Gasteiger partial charge is 0.337 e. The van der Waals surface area contributed by atoms with E-state index >= 15 is 0 Å². The highest BCUT2D eigenvalue weighted by Gasteiger charge is 2.19. The lowest BCUT2D eigenvalue weighted by Crippen LogP contribution is -2.76. The van der Waals surface area contributed by atoms with Crippen molar-refractivity contribution in [2.45, 2.75) is 4.90 Å². The van der Waals surface area contributed by atoms with Gasteiger partial charge in [0, 0.05) is 0 Å². The summed E-state index contributed by atoms with van der Waals surface area (Å²) in [6.45, 7) is 0. The highest BCUT2D eigenvalue weighted by molar-refractivity contribution is 7.92. The first-order valence-corrected chi connectivity index (χ1v) is 5.11. The normalized spacial score (nSPS) is 11.5. The van der Waals surface area contributed by atoms with Crippen LogP contribution in [-0.2, 0) is 10.0 Å². The molecule has 0 spiro atoms. The Morgan fingerprint density at radius 2 is 1.92 bits per heavy atom. The van der Waals surface area contributed by atoms with Gasteiger partial charge in [0.1, 0.15) is 5.82 Å². The minimum Gasteiger partial charge on any atom is -0.205 e. The molecule has 0 heterocycles. The number of hydrogen-bond donors (Lipinski definition) is 2. The minimum absolute atomic E-state index is 0.347. The molecule has 0 atom stereocenters. The van der Waals surface area contributed by atoms with Gasteiger partial charge in [0.05, 0.1) is 12.8 Å². The molecule has 0 aliphatic carbocycles. The van der Waals surface area contributed by atoms with Crippen LogP contribution in [0.25, 0.3) is 0 Å². The van der Waals surface area contributed by atoms with Crippen molar-refractivity contribution in [2.75, 3.05) is 0 Å². The van der Waals surface area contributed by atoms with Crippen molar-refractivity contribution in [3.8, 4) is 0 Å². The molecular weight excluding hydrogens is 201 g/mol. The second-order valence-corrected chi connectivity index (χ2v) is 4.45. The van der Waals surface area contributed by atoms with Gasteiger partial charge in [0.15, 0.2) is 4.90 Å². The highest BCUT2D eigenvalue weighted by atomic mass is 32.3. The smallest absolute Gasteiger partial charge is 0.205 e. The Balaban J connectivity index is 3.30. The summed E-state index contributed by atoms with van der Waals surface area (Å²) in [6, 6.07) is 5.15. The number of sulfonamides is 1. The van der Waals surface area contributed by atoms with E-state index in [-0.39, 0.29) is 4.90 Å². The van der Waals surface area contributed by atoms with Crippen molar-refractivity contribution < 1.29 is 16.9 Å². The first-order valence-electron chi connectivity index (χ1n) is 3.05. The molecule has 0 radical (unpaired) electrons. The zero-order chi connectivity index (χ0) is 9.19. The summed E-state index contributed by atoms with van der Waals surface area (Å²) in [5.41, 5.74) is 0. The maximum absolute atomic E-state index is 12.8. The average Bonchev–Trinajstić information content (AvgIpc) is 2.05. The van der Waals surface area contributed by atoms with Crippen molar-refractivity contribution >= 4 is 22.8 Å². The SMILES string of the molecule is O=S(=O)([NH2+]S)c1ccccc1F. The predicted molar refractivity (Wildman–Crippen MR) is 44.5 cm³/mol. The molecule has 0 amide bonds. The van der Waals surface area contributed by atoms with Gasteiger partial charge in [-0.2, -0.15) is 12.5 Å². The van der Waals surface area contributed by atoms with Crippen molar-refractivity contribution in [2.24, 2.45) is 0 Å². The second-order valence-electron chi connectivity index (χ2n) is 2.08. The van der Waals surface area contributed by atoms with Crippen LogP contribution < -0.4 is 4.13 Å². The third-order valence-electron chi connectivity index (χ3n) is 1.28. The Bertz CT molecular complexity index is 377. The minimum atomic E-state index is -3.66. The molecule has 0 bridgehead atoms. The summed E-state index contributed by atoms with van der Waals surface area (Å²) < 4.78 is 35.6. The van der Waals surface area contributed by atoms with E-state index in [4.69, 9.17) is 0 Å². The Morgan fingerprint density at radius 3 is 2.42 bits per heavy atom. The molecule has 0 aliphatic rings. The van der Waals surface area contributed by atoms with E-state index < -0.39 is 15.8 Å². The Kier molecular flexibility index (Phi) is 2.71. The van der Waals surface area contributed by atoms with Gasteiger partial charge >= 0.3 is 10.0 Å². The molecule has 6 heteroatoms. The standard InChI is InChI=1S/C6H6FNO2S2/c7-5-3-1-2-4-6(5)12(9,10)8-11/h1-4,8,11H/p+1. The lowest BCUT2D eigenvalue weighted by Gasteiger charge is -1.97. The first-order chi connectivity index (χ1) is 5.58. The molecule has 0 fully saturated rings. The second kappa shape index (κ2) is 3.42. The fourth-order valence-electron chi connectivity index (χ4n) is 0.732. The molecule has 0 saturated carbocycles. The summed E-state index contributed by atoms with van der Waals surface area (Å²) >= 11 is 3.48. The summed E-state index contributed by atoms with van der Waals surface area (Å²) in [5.74, 6) is -0.761. The molecule has 0 aliphatic heterocycles. The van der Waals surface area contributed by atoms with Gasteiger partial charge in [0.2, 0.25) is 0 Å². The molecule has 0 aromatic heterocycles. The lowest BCUT2D eigenvalue weighted by atomic mass is 10.4. The lowest BCUT2D eigenvalue weighted by molar-refractivity contribution is -0.285. The predicted octanol–water partition coefficient (Wildman–Crippen LogP) is -0.0774. The topological polar surface area (TPSA) is 50.8 Å². The molecule has 0 unspecified atom stereocenters.